The maximum Gasteiger partial charge on any atom is 0.315 e. The molecule has 1 aromatic carbocycles. The molecule has 0 spiro atoms. The highest BCUT2D eigenvalue weighted by molar-refractivity contribution is 7.11. The molecule has 3 N–H and O–H groups in total. The smallest absolute Gasteiger partial charge is 0.315 e. The van der Waals surface area contributed by atoms with Gasteiger partial charge in [-0.05, 0) is 31.2 Å². The Kier molecular flexibility index (Phi) is 6.04. The molecule has 0 aliphatic rings. The third kappa shape index (κ3) is 5.67. The fourth-order valence-electron chi connectivity index (χ4n) is 1.77. The molecule has 3 amide bonds. The van der Waals surface area contributed by atoms with Crippen LogP contribution in [-0.2, 0) is 6.54 Å². The standard InChI is InChI=1S/C15H17FN4O2S/c1-10-19-8-13(23-10)9-20-15(22)18-7-6-17-14(21)11-2-4-12(16)5-3-11/h2-5,8H,6-7,9H2,1H3,(H,17,21)(H2,18,20,22). The lowest BCUT2D eigenvalue weighted by molar-refractivity contribution is 0.0954. The summed E-state index contributed by atoms with van der Waals surface area (Å²) in [6.07, 6.45) is 1.73. The number of benzene rings is 1. The Labute approximate surface area is 137 Å². The van der Waals surface area contributed by atoms with E-state index in [9.17, 15) is 14.0 Å². The highest BCUT2D eigenvalue weighted by Crippen LogP contribution is 2.10. The third-order valence-electron chi connectivity index (χ3n) is 2.89. The van der Waals surface area contributed by atoms with E-state index in [2.05, 4.69) is 20.9 Å². The molecule has 2 aromatic rings. The fraction of sp³-hybridized carbons (Fsp3) is 0.267. The first-order valence-corrected chi connectivity index (χ1v) is 7.83. The molecule has 0 saturated carbocycles. The van der Waals surface area contributed by atoms with Gasteiger partial charge in [-0.2, -0.15) is 0 Å². The van der Waals surface area contributed by atoms with E-state index in [-0.39, 0.29) is 18.5 Å². The van der Waals surface area contributed by atoms with Crippen molar-refractivity contribution in [2.45, 2.75) is 13.5 Å². The number of hydrogen-bond acceptors (Lipinski definition) is 4. The first-order chi connectivity index (χ1) is 11.0. The molecule has 0 bridgehead atoms. The van der Waals surface area contributed by atoms with E-state index in [1.54, 1.807) is 6.20 Å². The zero-order valence-electron chi connectivity index (χ0n) is 12.6. The van der Waals surface area contributed by atoms with E-state index in [1.807, 2.05) is 6.92 Å². The number of rotatable bonds is 6. The van der Waals surface area contributed by atoms with Crippen molar-refractivity contribution in [1.29, 1.82) is 0 Å². The Morgan fingerprint density at radius 3 is 2.48 bits per heavy atom. The van der Waals surface area contributed by atoms with Crippen molar-refractivity contribution in [1.82, 2.24) is 20.9 Å². The minimum absolute atomic E-state index is 0.281. The van der Waals surface area contributed by atoms with E-state index in [0.29, 0.717) is 18.7 Å². The van der Waals surface area contributed by atoms with Crippen molar-refractivity contribution in [3.05, 3.63) is 51.7 Å². The predicted octanol–water partition coefficient (Wildman–Crippen LogP) is 1.82. The Balaban J connectivity index is 1.62. The van der Waals surface area contributed by atoms with Crippen LogP contribution in [0.15, 0.2) is 30.5 Å². The molecule has 0 atom stereocenters. The Morgan fingerprint density at radius 1 is 1.13 bits per heavy atom. The maximum atomic E-state index is 12.8. The highest BCUT2D eigenvalue weighted by atomic mass is 32.1. The van der Waals surface area contributed by atoms with Crippen LogP contribution in [0.3, 0.4) is 0 Å². The molecular weight excluding hydrogens is 319 g/mol. The summed E-state index contributed by atoms with van der Waals surface area (Å²) in [5, 5.41) is 8.93. The summed E-state index contributed by atoms with van der Waals surface area (Å²) in [6, 6.07) is 4.94. The molecule has 2 rings (SSSR count). The van der Waals surface area contributed by atoms with Crippen LogP contribution in [0.4, 0.5) is 9.18 Å². The fourth-order valence-corrected chi connectivity index (χ4v) is 2.51. The summed E-state index contributed by atoms with van der Waals surface area (Å²) in [5.74, 6) is -0.705. The Morgan fingerprint density at radius 2 is 1.83 bits per heavy atom. The SMILES string of the molecule is Cc1ncc(CNC(=O)NCCNC(=O)c2ccc(F)cc2)s1. The van der Waals surface area contributed by atoms with Crippen LogP contribution in [0.5, 0.6) is 0 Å². The average molecular weight is 336 g/mol. The second kappa shape index (κ2) is 8.23. The van der Waals surface area contributed by atoms with Crippen LogP contribution in [0.1, 0.15) is 20.2 Å². The zero-order valence-corrected chi connectivity index (χ0v) is 13.4. The molecule has 6 nitrogen and oxygen atoms in total. The topological polar surface area (TPSA) is 83.1 Å². The second-order valence-corrected chi connectivity index (χ2v) is 6.04. The van der Waals surface area contributed by atoms with Gasteiger partial charge in [0.2, 0.25) is 0 Å². The largest absolute Gasteiger partial charge is 0.350 e. The van der Waals surface area contributed by atoms with E-state index < -0.39 is 5.82 Å². The van der Waals surface area contributed by atoms with E-state index in [0.717, 1.165) is 9.88 Å². The van der Waals surface area contributed by atoms with Gasteiger partial charge in [0.1, 0.15) is 5.82 Å². The molecule has 0 radical (unpaired) electrons. The van der Waals surface area contributed by atoms with Crippen molar-refractivity contribution in [2.24, 2.45) is 0 Å². The molecule has 1 aromatic heterocycles. The third-order valence-corrected chi connectivity index (χ3v) is 3.81. The Hall–Kier alpha value is -2.48. The summed E-state index contributed by atoms with van der Waals surface area (Å²) >= 11 is 1.52. The number of hydrogen-bond donors (Lipinski definition) is 3. The van der Waals surface area contributed by atoms with Gasteiger partial charge in [-0.15, -0.1) is 11.3 Å². The molecule has 0 fully saturated rings. The first kappa shape index (κ1) is 16.9. The minimum atomic E-state index is -0.393. The van der Waals surface area contributed by atoms with Crippen molar-refractivity contribution in [3.63, 3.8) is 0 Å². The molecule has 8 heteroatoms. The number of carbonyl (C=O) groups excluding carboxylic acids is 2. The van der Waals surface area contributed by atoms with Gasteiger partial charge in [0.25, 0.3) is 5.91 Å². The summed E-state index contributed by atoms with van der Waals surface area (Å²) < 4.78 is 12.8. The number of halogens is 1. The van der Waals surface area contributed by atoms with Gasteiger partial charge in [0.15, 0.2) is 0 Å². The summed E-state index contributed by atoms with van der Waals surface area (Å²) in [7, 11) is 0. The normalized spacial score (nSPS) is 10.2. The molecule has 0 aliphatic carbocycles. The van der Waals surface area contributed by atoms with Crippen molar-refractivity contribution in [3.8, 4) is 0 Å². The number of carbonyl (C=O) groups is 2. The lowest BCUT2D eigenvalue weighted by Crippen LogP contribution is -2.39. The minimum Gasteiger partial charge on any atom is -0.350 e. The number of urea groups is 1. The van der Waals surface area contributed by atoms with E-state index in [1.165, 1.54) is 35.6 Å². The first-order valence-electron chi connectivity index (χ1n) is 7.01. The molecular formula is C15H17FN4O2S. The average Bonchev–Trinajstić information content (AvgIpc) is 2.95. The van der Waals surface area contributed by atoms with Gasteiger partial charge in [-0.25, -0.2) is 14.2 Å². The number of aryl methyl sites for hydroxylation is 1. The molecule has 0 unspecified atom stereocenters. The lowest BCUT2D eigenvalue weighted by Gasteiger charge is -2.08. The van der Waals surface area contributed by atoms with Gasteiger partial charge in [-0.3, -0.25) is 4.79 Å². The van der Waals surface area contributed by atoms with Gasteiger partial charge >= 0.3 is 6.03 Å². The number of amides is 3. The van der Waals surface area contributed by atoms with Crippen molar-refractivity contribution >= 4 is 23.3 Å². The van der Waals surface area contributed by atoms with E-state index >= 15 is 0 Å². The zero-order chi connectivity index (χ0) is 16.7. The van der Waals surface area contributed by atoms with Crippen LogP contribution >= 0.6 is 11.3 Å². The van der Waals surface area contributed by atoms with Crippen LogP contribution < -0.4 is 16.0 Å². The van der Waals surface area contributed by atoms with Crippen molar-refractivity contribution < 1.29 is 14.0 Å². The predicted molar refractivity (Wildman–Crippen MR) is 85.8 cm³/mol. The number of aromatic nitrogens is 1. The quantitative estimate of drug-likeness (QED) is 0.704. The number of nitrogens with zero attached hydrogens (tertiary/aromatic N) is 1. The molecule has 122 valence electrons. The summed E-state index contributed by atoms with van der Waals surface area (Å²) in [4.78, 5) is 28.4. The van der Waals surface area contributed by atoms with Gasteiger partial charge in [-0.1, -0.05) is 0 Å². The monoisotopic (exact) mass is 336 g/mol. The molecule has 0 saturated heterocycles. The number of thiazole rings is 1. The number of nitrogens with one attached hydrogen (secondary N) is 3. The van der Waals surface area contributed by atoms with Gasteiger partial charge < -0.3 is 16.0 Å². The van der Waals surface area contributed by atoms with Crippen LogP contribution in [0.2, 0.25) is 0 Å². The van der Waals surface area contributed by atoms with E-state index in [4.69, 9.17) is 0 Å². The maximum absolute atomic E-state index is 12.8. The van der Waals surface area contributed by atoms with Crippen molar-refractivity contribution in [2.75, 3.05) is 13.1 Å². The summed E-state index contributed by atoms with van der Waals surface area (Å²) in [6.45, 7) is 2.89. The molecule has 1 heterocycles. The molecule has 0 aliphatic heterocycles. The van der Waals surface area contributed by atoms with Crippen LogP contribution in [-0.4, -0.2) is 30.0 Å². The second-order valence-electron chi connectivity index (χ2n) is 4.72. The van der Waals surface area contributed by atoms with Crippen LogP contribution in [0.25, 0.3) is 0 Å². The lowest BCUT2D eigenvalue weighted by atomic mass is 10.2. The highest BCUT2D eigenvalue weighted by Gasteiger charge is 2.05. The van der Waals surface area contributed by atoms with Gasteiger partial charge in [0, 0.05) is 29.7 Å². The Bertz CT molecular complexity index is 672. The molecule has 23 heavy (non-hydrogen) atoms. The summed E-state index contributed by atoms with van der Waals surface area (Å²) in [5.41, 5.74) is 0.372. The van der Waals surface area contributed by atoms with Gasteiger partial charge in [0.05, 0.1) is 11.6 Å². The van der Waals surface area contributed by atoms with Crippen LogP contribution in [0, 0.1) is 12.7 Å².